The number of nitrogens with one attached hydrogen (secondary N) is 1. The maximum Gasteiger partial charge on any atom is 0.123 e. The highest BCUT2D eigenvalue weighted by Crippen LogP contribution is 2.46. The normalized spacial score (nSPS) is 40.3. The van der Waals surface area contributed by atoms with E-state index in [0.717, 1.165) is 48.6 Å². The number of rotatable bonds is 8. The van der Waals surface area contributed by atoms with E-state index in [4.69, 9.17) is 11.6 Å². The maximum atomic E-state index is 11.7. The Bertz CT molecular complexity index is 690. The van der Waals surface area contributed by atoms with Crippen LogP contribution in [0.4, 0.5) is 0 Å². The number of hydrogen-bond acceptors (Lipinski definition) is 3. The van der Waals surface area contributed by atoms with E-state index in [1.807, 2.05) is 0 Å². The molecule has 1 heterocycles. The summed E-state index contributed by atoms with van der Waals surface area (Å²) in [5.41, 5.74) is 0.240. The molecule has 0 radical (unpaired) electrons. The molecule has 4 heteroatoms. The fraction of sp³-hybridized carbons (Fsp3) is 1.00. The number of alkyl halides is 1. The van der Waals surface area contributed by atoms with Crippen molar-refractivity contribution in [1.82, 2.24) is 10.2 Å². The number of piperidine rings is 1. The van der Waals surface area contributed by atoms with Crippen molar-refractivity contribution in [2.75, 3.05) is 13.1 Å². The molecule has 8 atom stereocenters. The van der Waals surface area contributed by atoms with Gasteiger partial charge in [0.25, 0.3) is 0 Å². The third kappa shape index (κ3) is 7.68. The van der Waals surface area contributed by atoms with E-state index in [0.29, 0.717) is 17.3 Å². The molecule has 0 amide bonds. The summed E-state index contributed by atoms with van der Waals surface area (Å²) in [5.74, 6) is 5.56. The van der Waals surface area contributed by atoms with Crippen LogP contribution in [0.2, 0.25) is 0 Å². The predicted molar refractivity (Wildman–Crippen MR) is 159 cm³/mol. The van der Waals surface area contributed by atoms with Crippen LogP contribution in [-0.4, -0.2) is 46.8 Å². The van der Waals surface area contributed by atoms with Crippen LogP contribution in [0.5, 0.6) is 0 Å². The van der Waals surface area contributed by atoms with Gasteiger partial charge in [0.1, 0.15) is 6.23 Å². The van der Waals surface area contributed by atoms with Gasteiger partial charge >= 0.3 is 0 Å². The van der Waals surface area contributed by atoms with Gasteiger partial charge in [-0.05, 0) is 105 Å². The van der Waals surface area contributed by atoms with Gasteiger partial charge in [-0.3, -0.25) is 4.90 Å². The highest BCUT2D eigenvalue weighted by atomic mass is 35.5. The lowest BCUT2D eigenvalue weighted by Crippen LogP contribution is -2.60. The van der Waals surface area contributed by atoms with Crippen molar-refractivity contribution in [2.45, 2.75) is 149 Å². The van der Waals surface area contributed by atoms with Crippen molar-refractivity contribution >= 4 is 11.6 Å². The summed E-state index contributed by atoms with van der Waals surface area (Å²) >= 11 is 6.42. The molecule has 3 saturated carbocycles. The van der Waals surface area contributed by atoms with Crippen LogP contribution in [0.3, 0.4) is 0 Å². The predicted octanol–water partition coefficient (Wildman–Crippen LogP) is 8.09. The van der Waals surface area contributed by atoms with Gasteiger partial charge in [-0.1, -0.05) is 66.7 Å². The van der Waals surface area contributed by atoms with E-state index in [1.54, 1.807) is 0 Å². The lowest BCUT2D eigenvalue weighted by Gasteiger charge is -2.51. The molecular formula is C33H61ClN2O. The second-order valence-corrected chi connectivity index (χ2v) is 15.8. The highest BCUT2D eigenvalue weighted by Gasteiger charge is 2.44. The Kier molecular flexibility index (Phi) is 10.8. The van der Waals surface area contributed by atoms with Crippen LogP contribution in [0, 0.1) is 46.8 Å². The fourth-order valence-electron chi connectivity index (χ4n) is 9.34. The van der Waals surface area contributed by atoms with Gasteiger partial charge in [0.15, 0.2) is 0 Å². The molecular weight excluding hydrogens is 476 g/mol. The van der Waals surface area contributed by atoms with Gasteiger partial charge in [-0.2, -0.15) is 0 Å². The zero-order valence-electron chi connectivity index (χ0n) is 25.2. The summed E-state index contributed by atoms with van der Waals surface area (Å²) in [6.45, 7) is 16.4. The van der Waals surface area contributed by atoms with E-state index >= 15 is 0 Å². The Hall–Kier alpha value is 0.170. The first-order valence-electron chi connectivity index (χ1n) is 16.4. The fourth-order valence-corrected chi connectivity index (χ4v) is 9.60. The van der Waals surface area contributed by atoms with Gasteiger partial charge < -0.3 is 10.4 Å². The van der Waals surface area contributed by atoms with Crippen LogP contribution < -0.4 is 5.32 Å². The quantitative estimate of drug-likeness (QED) is 0.308. The number of nitrogens with zero attached hydrogens (tertiary/aromatic N) is 1. The average molecular weight is 537 g/mol. The Labute approximate surface area is 235 Å². The molecule has 0 spiro atoms. The van der Waals surface area contributed by atoms with Crippen molar-refractivity contribution in [3.63, 3.8) is 0 Å². The van der Waals surface area contributed by atoms with Crippen molar-refractivity contribution in [3.05, 3.63) is 0 Å². The zero-order chi connectivity index (χ0) is 26.7. The van der Waals surface area contributed by atoms with E-state index in [2.05, 4.69) is 51.8 Å². The summed E-state index contributed by atoms with van der Waals surface area (Å²) in [5, 5.41) is 16.2. The molecule has 6 unspecified atom stereocenters. The minimum Gasteiger partial charge on any atom is -0.377 e. The standard InChI is InChI=1S/C33H61ClN2O/c1-22(2)31(35-24(4)26-10-8-12-28(20-26)27-11-7-9-23(3)19-27)32(37)36-18-17-30(33(5,6)21-36)25-13-15-29(34)16-14-25/h22-32,35,37H,7-21H2,1-6H3/t23?,24?,25?,26?,27?,28?,29?,30-,31-,32?/m1/s1. The molecule has 0 aromatic rings. The topological polar surface area (TPSA) is 35.5 Å². The molecule has 4 rings (SSSR count). The number of aliphatic hydroxyl groups is 1. The Balaban J connectivity index is 1.33. The van der Waals surface area contributed by atoms with E-state index in [1.165, 1.54) is 83.5 Å². The van der Waals surface area contributed by atoms with Crippen LogP contribution >= 0.6 is 11.6 Å². The summed E-state index contributed by atoms with van der Waals surface area (Å²) in [6.07, 6.45) is 17.2. The number of hydrogen-bond donors (Lipinski definition) is 2. The molecule has 0 bridgehead atoms. The van der Waals surface area contributed by atoms with Gasteiger partial charge in [0.2, 0.25) is 0 Å². The van der Waals surface area contributed by atoms with Crippen LogP contribution in [-0.2, 0) is 0 Å². The summed E-state index contributed by atoms with van der Waals surface area (Å²) < 4.78 is 0. The summed E-state index contributed by atoms with van der Waals surface area (Å²) in [7, 11) is 0. The van der Waals surface area contributed by atoms with Crippen molar-refractivity contribution in [1.29, 1.82) is 0 Å². The smallest absolute Gasteiger partial charge is 0.123 e. The third-order valence-corrected chi connectivity index (χ3v) is 12.0. The second kappa shape index (κ2) is 13.2. The number of likely N-dealkylation sites (tertiary alicyclic amines) is 1. The van der Waals surface area contributed by atoms with Gasteiger partial charge in [-0.15, -0.1) is 11.6 Å². The molecule has 0 aromatic heterocycles. The molecule has 1 aliphatic heterocycles. The average Bonchev–Trinajstić information content (AvgIpc) is 2.87. The largest absolute Gasteiger partial charge is 0.377 e. The SMILES string of the molecule is CC1CCCC(C2CCCC(C(C)N[C@H](C(C)C)C(O)N3CC[C@H](C4CCC(Cl)CC4)C(C)(C)C3)C2)C1. The summed E-state index contributed by atoms with van der Waals surface area (Å²) in [4.78, 5) is 2.42. The molecule has 0 aromatic carbocycles. The number of halogens is 1. The van der Waals surface area contributed by atoms with Gasteiger partial charge in [-0.25, -0.2) is 0 Å². The molecule has 37 heavy (non-hydrogen) atoms. The third-order valence-electron chi connectivity index (χ3n) is 11.6. The Morgan fingerprint density at radius 1 is 0.838 bits per heavy atom. The monoisotopic (exact) mass is 536 g/mol. The minimum absolute atomic E-state index is 0.129. The molecule has 2 N–H and O–H groups in total. The van der Waals surface area contributed by atoms with Gasteiger partial charge in [0, 0.05) is 30.6 Å². The molecule has 216 valence electrons. The van der Waals surface area contributed by atoms with Crippen LogP contribution in [0.1, 0.15) is 125 Å². The Morgan fingerprint density at radius 3 is 2.11 bits per heavy atom. The second-order valence-electron chi connectivity index (χ2n) is 15.2. The van der Waals surface area contributed by atoms with E-state index in [9.17, 15) is 5.11 Å². The molecule has 3 nitrogen and oxygen atoms in total. The summed E-state index contributed by atoms with van der Waals surface area (Å²) in [6, 6.07) is 0.603. The molecule has 4 aliphatic rings. The first-order valence-corrected chi connectivity index (χ1v) is 16.8. The lowest BCUT2D eigenvalue weighted by atomic mass is 9.64. The lowest BCUT2D eigenvalue weighted by molar-refractivity contribution is -0.0968. The Morgan fingerprint density at radius 2 is 1.49 bits per heavy atom. The minimum atomic E-state index is -0.403. The van der Waals surface area contributed by atoms with Crippen molar-refractivity contribution in [3.8, 4) is 0 Å². The maximum absolute atomic E-state index is 11.7. The van der Waals surface area contributed by atoms with Gasteiger partial charge in [0.05, 0.1) is 0 Å². The van der Waals surface area contributed by atoms with E-state index in [-0.39, 0.29) is 11.5 Å². The molecule has 1 saturated heterocycles. The number of aliphatic hydroxyl groups excluding tert-OH is 1. The van der Waals surface area contributed by atoms with Crippen molar-refractivity contribution in [2.24, 2.45) is 46.8 Å². The van der Waals surface area contributed by atoms with Crippen molar-refractivity contribution < 1.29 is 5.11 Å². The first kappa shape index (κ1) is 30.1. The molecule has 4 fully saturated rings. The molecule has 3 aliphatic carbocycles. The highest BCUT2D eigenvalue weighted by molar-refractivity contribution is 6.20. The zero-order valence-corrected chi connectivity index (χ0v) is 26.0. The van der Waals surface area contributed by atoms with E-state index < -0.39 is 6.23 Å². The first-order chi connectivity index (χ1) is 17.5. The van der Waals surface area contributed by atoms with Crippen LogP contribution in [0.25, 0.3) is 0 Å². The van der Waals surface area contributed by atoms with Crippen LogP contribution in [0.15, 0.2) is 0 Å².